The van der Waals surface area contributed by atoms with Gasteiger partial charge in [-0.2, -0.15) is 0 Å². The Kier molecular flexibility index (Phi) is 4.38. The van der Waals surface area contributed by atoms with Crippen LogP contribution in [0.1, 0.15) is 25.8 Å². The van der Waals surface area contributed by atoms with Gasteiger partial charge in [0.05, 0.1) is 12.6 Å². The molecule has 0 saturated carbocycles. The molecule has 110 valence electrons. The number of hydrogen-bond acceptors (Lipinski definition) is 4. The summed E-state index contributed by atoms with van der Waals surface area (Å²) >= 11 is 0. The van der Waals surface area contributed by atoms with Gasteiger partial charge in [-0.05, 0) is 19.4 Å². The van der Waals surface area contributed by atoms with Crippen molar-refractivity contribution in [3.63, 3.8) is 0 Å². The second-order valence-electron chi connectivity index (χ2n) is 5.16. The van der Waals surface area contributed by atoms with Crippen LogP contribution in [0.4, 0.5) is 0 Å². The largest absolute Gasteiger partial charge is 0.545 e. The van der Waals surface area contributed by atoms with Gasteiger partial charge in [0.1, 0.15) is 0 Å². The number of benzene rings is 1. The number of aliphatic carboxylic acids is 1. The standard InChI is InChI=1S/C17H18O4/c1-12-8-9-17(13(2)18,15(10-12)16(19)20)21-11-14-6-4-3-5-7-14/h3-8,10H,9,11H2,1-2H3,(H,19,20)/p-1. The van der Waals surface area contributed by atoms with Crippen molar-refractivity contribution in [2.75, 3.05) is 0 Å². The molecule has 21 heavy (non-hydrogen) atoms. The zero-order valence-electron chi connectivity index (χ0n) is 12.1. The zero-order chi connectivity index (χ0) is 15.5. The molecule has 4 nitrogen and oxygen atoms in total. The summed E-state index contributed by atoms with van der Waals surface area (Å²) in [5.74, 6) is -1.71. The van der Waals surface area contributed by atoms with Gasteiger partial charge in [-0.1, -0.05) is 48.1 Å². The summed E-state index contributed by atoms with van der Waals surface area (Å²) in [5, 5.41) is 11.4. The summed E-state index contributed by atoms with van der Waals surface area (Å²) < 4.78 is 5.76. The Morgan fingerprint density at radius 2 is 1.95 bits per heavy atom. The van der Waals surface area contributed by atoms with Crippen molar-refractivity contribution < 1.29 is 19.4 Å². The van der Waals surface area contributed by atoms with E-state index in [-0.39, 0.29) is 24.4 Å². The second kappa shape index (κ2) is 6.06. The Morgan fingerprint density at radius 3 is 2.52 bits per heavy atom. The number of rotatable bonds is 5. The number of allylic oxidation sites excluding steroid dienone is 2. The Hall–Kier alpha value is -2.20. The van der Waals surface area contributed by atoms with E-state index in [2.05, 4.69) is 0 Å². The van der Waals surface area contributed by atoms with E-state index in [0.717, 1.165) is 11.1 Å². The molecule has 1 aromatic carbocycles. The first-order valence-corrected chi connectivity index (χ1v) is 6.75. The van der Waals surface area contributed by atoms with Crippen LogP contribution in [0.2, 0.25) is 0 Å². The predicted octanol–water partition coefficient (Wildman–Crippen LogP) is 1.56. The van der Waals surface area contributed by atoms with Gasteiger partial charge < -0.3 is 14.6 Å². The normalized spacial score (nSPS) is 21.4. The smallest absolute Gasteiger partial charge is 0.166 e. The lowest BCUT2D eigenvalue weighted by atomic mass is 9.81. The number of carbonyl (C=O) groups excluding carboxylic acids is 2. The minimum Gasteiger partial charge on any atom is -0.545 e. The first-order valence-electron chi connectivity index (χ1n) is 6.75. The fourth-order valence-corrected chi connectivity index (χ4v) is 2.39. The predicted molar refractivity (Wildman–Crippen MR) is 76.1 cm³/mol. The van der Waals surface area contributed by atoms with Crippen molar-refractivity contribution >= 4 is 11.8 Å². The Labute approximate surface area is 123 Å². The van der Waals surface area contributed by atoms with Crippen LogP contribution >= 0.6 is 0 Å². The van der Waals surface area contributed by atoms with Crippen molar-refractivity contribution in [2.24, 2.45) is 0 Å². The lowest BCUT2D eigenvalue weighted by molar-refractivity contribution is -0.301. The van der Waals surface area contributed by atoms with Gasteiger partial charge in [0, 0.05) is 12.0 Å². The van der Waals surface area contributed by atoms with Crippen molar-refractivity contribution in [3.8, 4) is 0 Å². The molecule has 0 fully saturated rings. The van der Waals surface area contributed by atoms with Gasteiger partial charge >= 0.3 is 0 Å². The van der Waals surface area contributed by atoms with Crippen molar-refractivity contribution in [2.45, 2.75) is 32.5 Å². The number of Topliss-reactive ketones (excluding diaryl/α,β-unsaturated/α-hetero) is 1. The van der Waals surface area contributed by atoms with Crippen molar-refractivity contribution in [1.82, 2.24) is 0 Å². The third kappa shape index (κ3) is 3.11. The third-order valence-corrected chi connectivity index (χ3v) is 3.64. The van der Waals surface area contributed by atoms with Gasteiger partial charge in [-0.3, -0.25) is 4.79 Å². The first kappa shape index (κ1) is 15.2. The number of ether oxygens (including phenoxy) is 1. The number of ketones is 1. The number of carboxylic acid groups (broad SMARTS) is 1. The molecule has 1 atom stereocenters. The summed E-state index contributed by atoms with van der Waals surface area (Å²) in [4.78, 5) is 23.5. The first-order chi connectivity index (χ1) is 9.95. The topological polar surface area (TPSA) is 66.4 Å². The summed E-state index contributed by atoms with van der Waals surface area (Å²) in [6.07, 6.45) is 3.46. The molecule has 0 heterocycles. The number of carbonyl (C=O) groups is 2. The highest BCUT2D eigenvalue weighted by Crippen LogP contribution is 2.33. The molecule has 0 spiro atoms. The SMILES string of the molecule is CC(=O)C1(OCc2ccccc2)CC=C(C)C=C1C(=O)[O-]. The fraction of sp³-hybridized carbons (Fsp3) is 0.294. The maximum absolute atomic E-state index is 12.1. The molecule has 1 aromatic rings. The molecule has 2 rings (SSSR count). The maximum Gasteiger partial charge on any atom is 0.166 e. The summed E-state index contributed by atoms with van der Waals surface area (Å²) in [7, 11) is 0. The second-order valence-corrected chi connectivity index (χ2v) is 5.16. The number of carboxylic acids is 1. The molecule has 1 unspecified atom stereocenters. The van der Waals surface area contributed by atoms with Gasteiger partial charge in [-0.25, -0.2) is 0 Å². The van der Waals surface area contributed by atoms with Crippen LogP contribution in [0.5, 0.6) is 0 Å². The molecule has 0 N–H and O–H groups in total. The molecular weight excluding hydrogens is 268 g/mol. The highest BCUT2D eigenvalue weighted by molar-refractivity contribution is 6.01. The lowest BCUT2D eigenvalue weighted by Crippen LogP contribution is -2.48. The molecule has 0 aliphatic heterocycles. The zero-order valence-corrected chi connectivity index (χ0v) is 12.1. The van der Waals surface area contributed by atoms with E-state index < -0.39 is 11.6 Å². The lowest BCUT2D eigenvalue weighted by Gasteiger charge is -2.36. The molecule has 1 aliphatic rings. The van der Waals surface area contributed by atoms with Crippen LogP contribution in [0.25, 0.3) is 0 Å². The minimum atomic E-state index is -1.46. The van der Waals surface area contributed by atoms with E-state index in [4.69, 9.17) is 4.74 Å². The van der Waals surface area contributed by atoms with Crippen LogP contribution in [0, 0.1) is 0 Å². The third-order valence-electron chi connectivity index (χ3n) is 3.64. The molecule has 0 bridgehead atoms. The van der Waals surface area contributed by atoms with Crippen LogP contribution in [0.3, 0.4) is 0 Å². The molecule has 0 amide bonds. The van der Waals surface area contributed by atoms with Gasteiger partial charge in [0.25, 0.3) is 0 Å². The van der Waals surface area contributed by atoms with Crippen molar-refractivity contribution in [1.29, 1.82) is 0 Å². The number of hydrogen-bond donors (Lipinski definition) is 0. The Morgan fingerprint density at radius 1 is 1.29 bits per heavy atom. The van der Waals surface area contributed by atoms with E-state index in [0.29, 0.717) is 0 Å². The molecule has 0 aromatic heterocycles. The van der Waals surface area contributed by atoms with Crippen LogP contribution < -0.4 is 5.11 Å². The quantitative estimate of drug-likeness (QED) is 0.823. The van der Waals surface area contributed by atoms with Gasteiger partial charge in [0.2, 0.25) is 0 Å². The van der Waals surface area contributed by atoms with E-state index >= 15 is 0 Å². The summed E-state index contributed by atoms with van der Waals surface area (Å²) in [6, 6.07) is 9.32. The highest BCUT2D eigenvalue weighted by Gasteiger charge is 2.41. The average Bonchev–Trinajstić information content (AvgIpc) is 2.47. The summed E-state index contributed by atoms with van der Waals surface area (Å²) in [6.45, 7) is 3.29. The maximum atomic E-state index is 12.1. The molecule has 1 aliphatic carbocycles. The van der Waals surface area contributed by atoms with Gasteiger partial charge in [-0.15, -0.1) is 0 Å². The van der Waals surface area contributed by atoms with E-state index in [1.165, 1.54) is 13.0 Å². The minimum absolute atomic E-state index is 0.106. The van der Waals surface area contributed by atoms with Crippen LogP contribution in [-0.2, 0) is 20.9 Å². The van der Waals surface area contributed by atoms with Gasteiger partial charge in [0.15, 0.2) is 11.4 Å². The average molecular weight is 285 g/mol. The monoisotopic (exact) mass is 285 g/mol. The fourth-order valence-electron chi connectivity index (χ4n) is 2.39. The van der Waals surface area contributed by atoms with Crippen LogP contribution in [0.15, 0.2) is 53.6 Å². The molecule has 0 radical (unpaired) electrons. The molecular formula is C17H17O4-. The van der Waals surface area contributed by atoms with Crippen LogP contribution in [-0.4, -0.2) is 17.4 Å². The molecule has 0 saturated heterocycles. The van der Waals surface area contributed by atoms with E-state index in [9.17, 15) is 14.7 Å². The van der Waals surface area contributed by atoms with E-state index in [1.54, 1.807) is 13.0 Å². The van der Waals surface area contributed by atoms with E-state index in [1.807, 2.05) is 30.3 Å². The molecule has 4 heteroatoms. The summed E-state index contributed by atoms with van der Waals surface area (Å²) in [5.41, 5.74) is 0.0937. The highest BCUT2D eigenvalue weighted by atomic mass is 16.5. The Bertz CT molecular complexity index is 613. The van der Waals surface area contributed by atoms with Crippen molar-refractivity contribution in [3.05, 3.63) is 59.2 Å². The Balaban J connectivity index is 2.31.